The van der Waals surface area contributed by atoms with Gasteiger partial charge >= 0.3 is 0 Å². The van der Waals surface area contributed by atoms with Crippen LogP contribution in [0.4, 0.5) is 5.69 Å². The van der Waals surface area contributed by atoms with Crippen LogP contribution in [0.5, 0.6) is 0 Å². The van der Waals surface area contributed by atoms with Gasteiger partial charge in [-0.3, -0.25) is 4.79 Å². The number of anilines is 1. The normalized spacial score (nSPS) is 11.1. The predicted octanol–water partition coefficient (Wildman–Crippen LogP) is 0.508. The van der Waals surface area contributed by atoms with Crippen LogP contribution in [-0.4, -0.2) is 40.3 Å². The van der Waals surface area contributed by atoms with Crippen molar-refractivity contribution in [1.82, 2.24) is 34.3 Å². The Kier molecular flexibility index (Phi) is 2.75. The van der Waals surface area contributed by atoms with E-state index in [0.717, 1.165) is 5.39 Å². The van der Waals surface area contributed by atoms with Crippen molar-refractivity contribution in [2.75, 3.05) is 5.32 Å². The lowest BCUT2D eigenvalue weighted by Crippen LogP contribution is -2.19. The molecule has 9 nitrogen and oxygen atoms in total. The molecule has 0 aliphatic carbocycles. The topological polar surface area (TPSA) is 103 Å². The van der Waals surface area contributed by atoms with Gasteiger partial charge in [-0.15, -0.1) is 0 Å². The summed E-state index contributed by atoms with van der Waals surface area (Å²) in [6.07, 6.45) is 7.86. The van der Waals surface area contributed by atoms with E-state index in [2.05, 4.69) is 30.5 Å². The average molecular weight is 294 g/mol. The number of aromatic nitrogens is 7. The number of hydrogen-bond acceptors (Lipinski definition) is 6. The number of nitrogens with one attached hydrogen (secondary N) is 1. The number of carbonyl (C=O) groups is 1. The molecule has 0 radical (unpaired) electrons. The molecule has 0 bridgehead atoms. The lowest BCUT2D eigenvalue weighted by Gasteiger charge is -2.06. The van der Waals surface area contributed by atoms with E-state index in [1.807, 2.05) is 0 Å². The molecule has 0 aliphatic heterocycles. The Balaban J connectivity index is 1.54. The van der Waals surface area contributed by atoms with Crippen molar-refractivity contribution in [3.05, 3.63) is 43.4 Å². The van der Waals surface area contributed by atoms with E-state index in [1.54, 1.807) is 35.2 Å². The van der Waals surface area contributed by atoms with Crippen LogP contribution < -0.4 is 5.32 Å². The van der Waals surface area contributed by atoms with E-state index < -0.39 is 0 Å². The summed E-state index contributed by atoms with van der Waals surface area (Å²) in [5.74, 6) is -0.205. The first-order valence-electron chi connectivity index (χ1n) is 6.50. The molecule has 108 valence electrons. The van der Waals surface area contributed by atoms with Crippen molar-refractivity contribution < 1.29 is 4.79 Å². The van der Waals surface area contributed by atoms with Crippen molar-refractivity contribution in [1.29, 1.82) is 0 Å². The Labute approximate surface area is 123 Å². The molecule has 0 fully saturated rings. The van der Waals surface area contributed by atoms with E-state index in [4.69, 9.17) is 0 Å². The van der Waals surface area contributed by atoms with Gasteiger partial charge in [0.1, 0.15) is 19.2 Å². The number of amides is 1. The highest BCUT2D eigenvalue weighted by molar-refractivity contribution is 5.91. The Morgan fingerprint density at radius 2 is 2.09 bits per heavy atom. The SMILES string of the molecule is O=C(Cn1ncc2cncnc21)Nc1ccc2ncnn2c1. The lowest BCUT2D eigenvalue weighted by molar-refractivity contribution is -0.116. The zero-order valence-corrected chi connectivity index (χ0v) is 11.3. The van der Waals surface area contributed by atoms with E-state index in [9.17, 15) is 4.79 Å². The van der Waals surface area contributed by atoms with E-state index >= 15 is 0 Å². The third-order valence-electron chi connectivity index (χ3n) is 3.15. The summed E-state index contributed by atoms with van der Waals surface area (Å²) in [5, 5.41) is 11.8. The molecule has 4 aromatic heterocycles. The molecule has 9 heteroatoms. The van der Waals surface area contributed by atoms with E-state index in [0.29, 0.717) is 17.0 Å². The minimum absolute atomic E-state index is 0.0654. The van der Waals surface area contributed by atoms with Gasteiger partial charge in [-0.05, 0) is 12.1 Å². The second kappa shape index (κ2) is 4.88. The highest BCUT2D eigenvalue weighted by atomic mass is 16.2. The summed E-state index contributed by atoms with van der Waals surface area (Å²) in [5.41, 5.74) is 1.97. The largest absolute Gasteiger partial charge is 0.323 e. The molecule has 1 N–H and O–H groups in total. The van der Waals surface area contributed by atoms with Crippen molar-refractivity contribution in [2.45, 2.75) is 6.54 Å². The number of carbonyl (C=O) groups excluding carboxylic acids is 1. The third kappa shape index (κ3) is 2.14. The summed E-state index contributed by atoms with van der Waals surface area (Å²) < 4.78 is 3.12. The van der Waals surface area contributed by atoms with Crippen LogP contribution in [0.15, 0.2) is 43.4 Å². The minimum Gasteiger partial charge on any atom is -0.323 e. The smallest absolute Gasteiger partial charge is 0.246 e. The van der Waals surface area contributed by atoms with Crippen LogP contribution in [-0.2, 0) is 11.3 Å². The molecule has 0 spiro atoms. The molecule has 0 saturated heterocycles. The first-order valence-corrected chi connectivity index (χ1v) is 6.50. The summed E-state index contributed by atoms with van der Waals surface area (Å²) >= 11 is 0. The molecule has 22 heavy (non-hydrogen) atoms. The molecular weight excluding hydrogens is 284 g/mol. The number of pyridine rings is 1. The van der Waals surface area contributed by atoms with Gasteiger partial charge in [0.05, 0.1) is 23.5 Å². The third-order valence-corrected chi connectivity index (χ3v) is 3.15. The maximum absolute atomic E-state index is 12.1. The Morgan fingerprint density at radius 3 is 3.05 bits per heavy atom. The van der Waals surface area contributed by atoms with Crippen LogP contribution in [0.25, 0.3) is 16.7 Å². The summed E-state index contributed by atoms with van der Waals surface area (Å²) in [4.78, 5) is 24.2. The Morgan fingerprint density at radius 1 is 1.14 bits per heavy atom. The maximum atomic E-state index is 12.1. The fraction of sp³-hybridized carbons (Fsp3) is 0.0769. The standard InChI is InChI=1S/C13H10N8O/c22-12(6-21-13-9(4-17-21)3-14-7-16-13)19-10-1-2-11-15-8-18-20(11)5-10/h1-5,7-8H,6H2,(H,19,22). The molecule has 0 atom stereocenters. The van der Waals surface area contributed by atoms with Gasteiger partial charge in [-0.2, -0.15) is 10.2 Å². The second-order valence-electron chi connectivity index (χ2n) is 4.63. The molecule has 1 amide bonds. The summed E-state index contributed by atoms with van der Waals surface area (Å²) in [6, 6.07) is 3.55. The van der Waals surface area contributed by atoms with Crippen LogP contribution in [0.3, 0.4) is 0 Å². The number of fused-ring (bicyclic) bond motifs is 2. The second-order valence-corrected chi connectivity index (χ2v) is 4.63. The molecule has 0 aromatic carbocycles. The maximum Gasteiger partial charge on any atom is 0.246 e. The van der Waals surface area contributed by atoms with Gasteiger partial charge in [0, 0.05) is 6.20 Å². The van der Waals surface area contributed by atoms with Gasteiger partial charge in [-0.25, -0.2) is 24.1 Å². The lowest BCUT2D eigenvalue weighted by atomic mass is 10.4. The molecule has 4 rings (SSSR count). The molecular formula is C13H10N8O. The van der Waals surface area contributed by atoms with Crippen LogP contribution in [0.2, 0.25) is 0 Å². The van der Waals surface area contributed by atoms with E-state index in [1.165, 1.54) is 17.3 Å². The van der Waals surface area contributed by atoms with Gasteiger partial charge in [0.2, 0.25) is 5.91 Å². The van der Waals surface area contributed by atoms with Crippen LogP contribution >= 0.6 is 0 Å². The molecule has 0 saturated carbocycles. The fourth-order valence-corrected chi connectivity index (χ4v) is 2.17. The minimum atomic E-state index is -0.205. The quantitative estimate of drug-likeness (QED) is 0.590. The highest BCUT2D eigenvalue weighted by Crippen LogP contribution is 2.10. The number of rotatable bonds is 3. The highest BCUT2D eigenvalue weighted by Gasteiger charge is 2.09. The Hall–Kier alpha value is -3.36. The summed E-state index contributed by atoms with van der Waals surface area (Å²) in [7, 11) is 0. The average Bonchev–Trinajstić information content (AvgIpc) is 3.14. The molecule has 0 aliphatic rings. The summed E-state index contributed by atoms with van der Waals surface area (Å²) in [6.45, 7) is 0.0654. The fourth-order valence-electron chi connectivity index (χ4n) is 2.17. The molecule has 4 aromatic rings. The predicted molar refractivity (Wildman–Crippen MR) is 76.9 cm³/mol. The van der Waals surface area contributed by atoms with Crippen LogP contribution in [0.1, 0.15) is 0 Å². The van der Waals surface area contributed by atoms with Crippen molar-refractivity contribution in [3.63, 3.8) is 0 Å². The first-order chi connectivity index (χ1) is 10.8. The zero-order chi connectivity index (χ0) is 14.9. The van der Waals surface area contributed by atoms with Gasteiger partial charge in [0.25, 0.3) is 0 Å². The zero-order valence-electron chi connectivity index (χ0n) is 11.3. The first kappa shape index (κ1) is 12.4. The molecule has 0 unspecified atom stereocenters. The van der Waals surface area contributed by atoms with Gasteiger partial charge in [0.15, 0.2) is 11.3 Å². The molecule has 4 heterocycles. The monoisotopic (exact) mass is 294 g/mol. The van der Waals surface area contributed by atoms with Crippen molar-refractivity contribution in [3.8, 4) is 0 Å². The van der Waals surface area contributed by atoms with Crippen molar-refractivity contribution in [2.24, 2.45) is 0 Å². The Bertz CT molecular complexity index is 972. The van der Waals surface area contributed by atoms with Gasteiger partial charge in [-0.1, -0.05) is 0 Å². The van der Waals surface area contributed by atoms with E-state index in [-0.39, 0.29) is 12.5 Å². The van der Waals surface area contributed by atoms with Crippen molar-refractivity contribution >= 4 is 28.3 Å². The van der Waals surface area contributed by atoms with Gasteiger partial charge < -0.3 is 5.32 Å². The van der Waals surface area contributed by atoms with Crippen LogP contribution in [0, 0.1) is 0 Å². The number of nitrogens with zero attached hydrogens (tertiary/aromatic N) is 7. The number of hydrogen-bond donors (Lipinski definition) is 1.